The molecule has 2 N–H and O–H groups in total. The van der Waals surface area contributed by atoms with Gasteiger partial charge in [-0.05, 0) is 43.7 Å². The smallest absolute Gasteiger partial charge is 0.261 e. The number of hydrogen-bond donors (Lipinski definition) is 2. The number of nitrogens with one attached hydrogen (secondary N) is 1. The van der Waals surface area contributed by atoms with Gasteiger partial charge in [-0.1, -0.05) is 12.1 Å². The fraction of sp³-hybridized carbons (Fsp3) is 0.103. The molecular formula is C29H22F2N4O4. The first kappa shape index (κ1) is 25.5. The number of halogens is 2. The molecule has 0 atom stereocenters. The highest BCUT2D eigenvalue weighted by Gasteiger charge is 2.23. The van der Waals surface area contributed by atoms with E-state index in [9.17, 15) is 14.3 Å². The first-order valence-electron chi connectivity index (χ1n) is 11.8. The maximum Gasteiger partial charge on any atom is 0.261 e. The fourth-order valence-electron chi connectivity index (χ4n) is 4.22. The van der Waals surface area contributed by atoms with E-state index in [4.69, 9.17) is 9.47 Å². The summed E-state index contributed by atoms with van der Waals surface area (Å²) in [5.41, 5.74) is 2.54. The molecule has 0 spiro atoms. The summed E-state index contributed by atoms with van der Waals surface area (Å²) < 4.78 is 39.3. The Morgan fingerprint density at radius 3 is 2.44 bits per heavy atom. The van der Waals surface area contributed by atoms with E-state index < -0.39 is 17.5 Å². The number of nitrogens with zero attached hydrogens (tertiary/aromatic N) is 3. The van der Waals surface area contributed by atoms with E-state index in [2.05, 4.69) is 20.3 Å². The summed E-state index contributed by atoms with van der Waals surface area (Å²) >= 11 is 0. The standard InChI is InChI=1S/C29H22F2N4O4/c1-15-25(17-4-6-18(30)7-5-17)28(36)26(16(2)34-15)29(37)35-19-8-9-23(21(31)12-19)39-24-10-11-32-22-13-20(38-3)14-33-27(22)24/h4-14H,1-3H3,(H,34,36)(H,35,37). The monoisotopic (exact) mass is 528 g/mol. The summed E-state index contributed by atoms with van der Waals surface area (Å²) in [5, 5.41) is 13.6. The molecule has 0 aliphatic heterocycles. The molecule has 0 aliphatic carbocycles. The van der Waals surface area contributed by atoms with E-state index in [1.165, 1.54) is 55.9 Å². The van der Waals surface area contributed by atoms with Crippen LogP contribution in [0.5, 0.6) is 23.0 Å². The van der Waals surface area contributed by atoms with Crippen LogP contribution in [-0.2, 0) is 0 Å². The van der Waals surface area contributed by atoms with Crippen molar-refractivity contribution in [1.82, 2.24) is 15.0 Å². The number of benzene rings is 2. The van der Waals surface area contributed by atoms with Crippen LogP contribution in [0.3, 0.4) is 0 Å². The molecule has 8 nitrogen and oxygen atoms in total. The maximum absolute atomic E-state index is 15.0. The number of aromatic nitrogens is 3. The van der Waals surface area contributed by atoms with Crippen molar-refractivity contribution in [2.75, 3.05) is 12.4 Å². The average Bonchev–Trinajstić information content (AvgIpc) is 2.90. The number of aryl methyl sites for hydroxylation is 2. The van der Waals surface area contributed by atoms with E-state index in [1.807, 2.05) is 0 Å². The van der Waals surface area contributed by atoms with Crippen molar-refractivity contribution in [1.29, 1.82) is 0 Å². The van der Waals surface area contributed by atoms with Gasteiger partial charge in [0.1, 0.15) is 28.4 Å². The lowest BCUT2D eigenvalue weighted by molar-refractivity contribution is 0.102. The number of pyridine rings is 3. The third-order valence-electron chi connectivity index (χ3n) is 6.05. The van der Waals surface area contributed by atoms with Crippen molar-refractivity contribution < 1.29 is 28.2 Å². The molecular weight excluding hydrogens is 506 g/mol. The van der Waals surface area contributed by atoms with Crippen molar-refractivity contribution in [3.8, 4) is 34.1 Å². The molecule has 2 aromatic carbocycles. The quantitative estimate of drug-likeness (QED) is 0.265. The summed E-state index contributed by atoms with van der Waals surface area (Å²) in [6.45, 7) is 3.26. The Kier molecular flexibility index (Phi) is 6.76. The van der Waals surface area contributed by atoms with Gasteiger partial charge in [0.25, 0.3) is 5.91 Å². The largest absolute Gasteiger partial charge is 0.506 e. The zero-order chi connectivity index (χ0) is 27.7. The summed E-state index contributed by atoms with van der Waals surface area (Å²) in [4.78, 5) is 26.0. The van der Waals surface area contributed by atoms with Gasteiger partial charge in [0.2, 0.25) is 0 Å². The number of ether oxygens (including phenoxy) is 2. The number of methoxy groups -OCH3 is 1. The van der Waals surface area contributed by atoms with E-state index in [-0.39, 0.29) is 34.2 Å². The number of aromatic hydroxyl groups is 1. The predicted octanol–water partition coefficient (Wildman–Crippen LogP) is 6.35. The van der Waals surface area contributed by atoms with Crippen LogP contribution >= 0.6 is 0 Å². The third kappa shape index (κ3) is 5.04. The van der Waals surface area contributed by atoms with E-state index in [1.54, 1.807) is 26.0 Å². The van der Waals surface area contributed by atoms with Crippen molar-refractivity contribution in [2.45, 2.75) is 13.8 Å². The Balaban J connectivity index is 1.41. The first-order valence-corrected chi connectivity index (χ1v) is 11.8. The van der Waals surface area contributed by atoms with Gasteiger partial charge in [0.05, 0.1) is 24.5 Å². The molecule has 0 radical (unpaired) electrons. The number of rotatable bonds is 6. The molecule has 0 unspecified atom stereocenters. The summed E-state index contributed by atoms with van der Waals surface area (Å²) in [7, 11) is 1.52. The normalized spacial score (nSPS) is 10.9. The van der Waals surface area contributed by atoms with Crippen LogP contribution in [0.1, 0.15) is 21.7 Å². The lowest BCUT2D eigenvalue weighted by atomic mass is 9.98. The van der Waals surface area contributed by atoms with Gasteiger partial charge < -0.3 is 19.9 Å². The topological polar surface area (TPSA) is 106 Å². The minimum atomic E-state index is -0.735. The highest BCUT2D eigenvalue weighted by Crippen LogP contribution is 2.37. The molecule has 0 saturated carbocycles. The third-order valence-corrected chi connectivity index (χ3v) is 6.05. The van der Waals surface area contributed by atoms with Crippen molar-refractivity contribution in [3.05, 3.63) is 95.6 Å². The lowest BCUT2D eigenvalue weighted by Crippen LogP contribution is -2.15. The van der Waals surface area contributed by atoms with Gasteiger partial charge in [-0.25, -0.2) is 13.8 Å². The number of anilines is 1. The van der Waals surface area contributed by atoms with E-state index >= 15 is 4.39 Å². The summed E-state index contributed by atoms with van der Waals surface area (Å²) in [5.74, 6) is -1.44. The van der Waals surface area contributed by atoms with Crippen LogP contribution in [0, 0.1) is 25.5 Å². The van der Waals surface area contributed by atoms with Crippen LogP contribution < -0.4 is 14.8 Å². The second kappa shape index (κ2) is 10.3. The van der Waals surface area contributed by atoms with Gasteiger partial charge in [0.15, 0.2) is 17.3 Å². The van der Waals surface area contributed by atoms with E-state index in [0.29, 0.717) is 33.6 Å². The molecule has 0 aliphatic rings. The van der Waals surface area contributed by atoms with Crippen LogP contribution in [0.25, 0.3) is 22.2 Å². The highest BCUT2D eigenvalue weighted by molar-refractivity contribution is 6.08. The summed E-state index contributed by atoms with van der Waals surface area (Å²) in [6, 6.07) is 12.7. The van der Waals surface area contributed by atoms with Gasteiger partial charge in [-0.15, -0.1) is 0 Å². The van der Waals surface area contributed by atoms with Gasteiger partial charge in [-0.3, -0.25) is 14.8 Å². The molecule has 5 aromatic rings. The molecule has 0 fully saturated rings. The van der Waals surface area contributed by atoms with Crippen LogP contribution in [0.4, 0.5) is 14.5 Å². The predicted molar refractivity (Wildman–Crippen MR) is 141 cm³/mol. The van der Waals surface area contributed by atoms with Gasteiger partial charge in [-0.2, -0.15) is 0 Å². The second-order valence-electron chi connectivity index (χ2n) is 8.64. The molecule has 0 saturated heterocycles. The zero-order valence-electron chi connectivity index (χ0n) is 21.1. The maximum atomic E-state index is 15.0. The number of amides is 1. The highest BCUT2D eigenvalue weighted by atomic mass is 19.1. The van der Waals surface area contributed by atoms with Gasteiger partial charge >= 0.3 is 0 Å². The minimum Gasteiger partial charge on any atom is -0.506 e. The summed E-state index contributed by atoms with van der Waals surface area (Å²) in [6.07, 6.45) is 3.01. The molecule has 3 aromatic heterocycles. The van der Waals surface area contributed by atoms with Gasteiger partial charge in [0, 0.05) is 41.3 Å². The van der Waals surface area contributed by atoms with Crippen LogP contribution in [0.2, 0.25) is 0 Å². The van der Waals surface area contributed by atoms with Crippen molar-refractivity contribution in [2.24, 2.45) is 0 Å². The Hall–Kier alpha value is -5.12. The van der Waals surface area contributed by atoms with Crippen molar-refractivity contribution in [3.63, 3.8) is 0 Å². The number of carbonyl (C=O) groups is 1. The second-order valence-corrected chi connectivity index (χ2v) is 8.64. The SMILES string of the molecule is COc1cnc2c(Oc3ccc(NC(=O)c4c(C)nc(C)c(-c5ccc(F)cc5)c4O)cc3F)ccnc2c1. The molecule has 39 heavy (non-hydrogen) atoms. The molecule has 5 rings (SSSR count). The molecule has 3 heterocycles. The Morgan fingerprint density at radius 1 is 0.949 bits per heavy atom. The van der Waals surface area contributed by atoms with Crippen LogP contribution in [-0.4, -0.2) is 33.1 Å². The number of carbonyl (C=O) groups excluding carboxylic acids is 1. The van der Waals surface area contributed by atoms with Crippen LogP contribution in [0.15, 0.2) is 67.0 Å². The fourth-order valence-corrected chi connectivity index (χ4v) is 4.22. The Labute approximate surface area is 221 Å². The number of fused-ring (bicyclic) bond motifs is 1. The molecule has 0 bridgehead atoms. The molecule has 1 amide bonds. The molecule has 10 heteroatoms. The minimum absolute atomic E-state index is 0.0783. The Morgan fingerprint density at radius 2 is 1.72 bits per heavy atom. The Bertz CT molecular complexity index is 1730. The lowest BCUT2D eigenvalue weighted by Gasteiger charge is -2.15. The first-order chi connectivity index (χ1) is 18.7. The van der Waals surface area contributed by atoms with E-state index in [0.717, 1.165) is 6.07 Å². The zero-order valence-corrected chi connectivity index (χ0v) is 21.1. The average molecular weight is 529 g/mol. The number of hydrogen-bond acceptors (Lipinski definition) is 7. The van der Waals surface area contributed by atoms with Crippen molar-refractivity contribution >= 4 is 22.6 Å². The molecule has 196 valence electrons.